The topological polar surface area (TPSA) is 138 Å². The molecule has 41 heavy (non-hydrogen) atoms. The lowest BCUT2D eigenvalue weighted by molar-refractivity contribution is -0.384. The zero-order valence-electron chi connectivity index (χ0n) is 22.9. The molecule has 11 nitrogen and oxygen atoms in total. The van der Waals surface area contributed by atoms with Gasteiger partial charge in [-0.05, 0) is 67.7 Å². The van der Waals surface area contributed by atoms with Gasteiger partial charge in [-0.1, -0.05) is 12.1 Å². The van der Waals surface area contributed by atoms with Crippen LogP contribution < -0.4 is 10.1 Å². The highest BCUT2D eigenvalue weighted by Crippen LogP contribution is 2.33. The molecule has 1 heterocycles. The van der Waals surface area contributed by atoms with Gasteiger partial charge in [0.05, 0.1) is 9.82 Å². The van der Waals surface area contributed by atoms with E-state index < -0.39 is 14.9 Å². The predicted octanol–water partition coefficient (Wildman–Crippen LogP) is 3.74. The Morgan fingerprint density at radius 2 is 1.76 bits per heavy atom. The third kappa shape index (κ3) is 7.76. The zero-order valence-corrected chi connectivity index (χ0v) is 23.8. The number of hydrogen-bond donors (Lipinski definition) is 2. The molecule has 0 unspecified atom stereocenters. The summed E-state index contributed by atoms with van der Waals surface area (Å²) in [5, 5.41) is 25.3. The van der Waals surface area contributed by atoms with Crippen LogP contribution in [0.1, 0.15) is 0 Å². The smallest absolute Gasteiger partial charge is 0.269 e. The van der Waals surface area contributed by atoms with E-state index in [4.69, 9.17) is 4.74 Å². The van der Waals surface area contributed by atoms with Crippen molar-refractivity contribution in [3.63, 3.8) is 0 Å². The van der Waals surface area contributed by atoms with Gasteiger partial charge < -0.3 is 20.1 Å². The number of fused-ring (bicyclic) bond motifs is 1. The van der Waals surface area contributed by atoms with Crippen LogP contribution in [0.4, 0.5) is 5.69 Å². The number of aromatic hydroxyl groups is 1. The summed E-state index contributed by atoms with van der Waals surface area (Å²) in [5.74, 6) is 0.606. The number of benzene rings is 3. The number of pyridine rings is 1. The maximum Gasteiger partial charge on any atom is 0.269 e. The molecule has 0 bridgehead atoms. The van der Waals surface area contributed by atoms with E-state index in [1.165, 1.54) is 16.4 Å². The molecule has 0 amide bonds. The van der Waals surface area contributed by atoms with Crippen molar-refractivity contribution in [3.05, 3.63) is 89.2 Å². The highest BCUT2D eigenvalue weighted by Gasteiger charge is 2.27. The van der Waals surface area contributed by atoms with Crippen LogP contribution in [-0.4, -0.2) is 86.1 Å². The van der Waals surface area contributed by atoms with Crippen molar-refractivity contribution in [1.82, 2.24) is 19.5 Å². The van der Waals surface area contributed by atoms with E-state index in [-0.39, 0.29) is 22.9 Å². The molecule has 0 radical (unpaired) electrons. The molecule has 4 aromatic rings. The fourth-order valence-electron chi connectivity index (χ4n) is 4.28. The average molecular weight is 580 g/mol. The summed E-state index contributed by atoms with van der Waals surface area (Å²) >= 11 is 0. The van der Waals surface area contributed by atoms with Crippen LogP contribution in [0, 0.1) is 10.1 Å². The minimum atomic E-state index is -3.92. The molecule has 0 atom stereocenters. The lowest BCUT2D eigenvalue weighted by Crippen LogP contribution is -2.41. The van der Waals surface area contributed by atoms with Gasteiger partial charge in [-0.25, -0.2) is 8.42 Å². The number of phenolic OH excluding ortho intramolecular Hbond substituents is 1. The lowest BCUT2D eigenvalue weighted by atomic mass is 10.0. The van der Waals surface area contributed by atoms with Crippen molar-refractivity contribution >= 4 is 26.5 Å². The first-order valence-corrected chi connectivity index (χ1v) is 14.5. The molecule has 4 rings (SSSR count). The summed E-state index contributed by atoms with van der Waals surface area (Å²) in [6.07, 6.45) is 3.21. The van der Waals surface area contributed by atoms with E-state index in [1.807, 2.05) is 31.1 Å². The second-order valence-corrected chi connectivity index (χ2v) is 11.6. The van der Waals surface area contributed by atoms with Gasteiger partial charge in [0.15, 0.2) is 0 Å². The van der Waals surface area contributed by atoms with Crippen LogP contribution in [0.2, 0.25) is 0 Å². The maximum atomic E-state index is 14.1. The van der Waals surface area contributed by atoms with Crippen molar-refractivity contribution in [2.45, 2.75) is 4.90 Å². The van der Waals surface area contributed by atoms with Gasteiger partial charge in [-0.3, -0.25) is 15.1 Å². The number of nitrogens with one attached hydrogen (secondary N) is 1. The molecule has 0 saturated heterocycles. The molecule has 3 aromatic carbocycles. The number of nitro groups is 1. The van der Waals surface area contributed by atoms with Crippen LogP contribution in [-0.2, 0) is 10.0 Å². The number of hydrogen-bond acceptors (Lipinski definition) is 9. The quantitative estimate of drug-likeness (QED) is 0.130. The number of nitro benzene ring substituents is 1. The predicted molar refractivity (Wildman–Crippen MR) is 158 cm³/mol. The van der Waals surface area contributed by atoms with Crippen molar-refractivity contribution in [2.24, 2.45) is 0 Å². The third-order valence-electron chi connectivity index (χ3n) is 6.44. The van der Waals surface area contributed by atoms with Gasteiger partial charge in [0, 0.05) is 68.0 Å². The minimum absolute atomic E-state index is 0.00834. The average Bonchev–Trinajstić information content (AvgIpc) is 2.95. The van der Waals surface area contributed by atoms with Gasteiger partial charge >= 0.3 is 0 Å². The van der Waals surface area contributed by atoms with E-state index >= 15 is 0 Å². The Hall–Kier alpha value is -4.10. The summed E-state index contributed by atoms with van der Waals surface area (Å²) in [7, 11) is -0.139. The third-order valence-corrected chi connectivity index (χ3v) is 8.38. The molecule has 0 spiro atoms. The Morgan fingerprint density at radius 1 is 0.976 bits per heavy atom. The van der Waals surface area contributed by atoms with Crippen molar-refractivity contribution in [2.75, 3.05) is 53.4 Å². The number of ether oxygens (including phenoxy) is 1. The van der Waals surface area contributed by atoms with Gasteiger partial charge in [0.1, 0.15) is 18.1 Å². The van der Waals surface area contributed by atoms with Gasteiger partial charge in [0.25, 0.3) is 5.69 Å². The Kier molecular flexibility index (Phi) is 9.84. The highest BCUT2D eigenvalue weighted by molar-refractivity contribution is 7.89. The van der Waals surface area contributed by atoms with Crippen LogP contribution in [0.3, 0.4) is 0 Å². The molecule has 0 aliphatic carbocycles. The second-order valence-electron chi connectivity index (χ2n) is 9.68. The second kappa shape index (κ2) is 13.5. The molecule has 1 aromatic heterocycles. The highest BCUT2D eigenvalue weighted by atomic mass is 32.2. The summed E-state index contributed by atoms with van der Waals surface area (Å²) in [4.78, 5) is 16.6. The SMILES string of the molecule is CN(C)CCN(CCNCCOc1ccc([N+](=O)[O-])cc1)S(=O)(=O)c1cc(-c2cccc(O)c2)cc2cnccc12. The Balaban J connectivity index is 1.49. The molecular formula is C29H33N5O6S. The number of nitrogens with zero attached hydrogens (tertiary/aromatic N) is 4. The zero-order chi connectivity index (χ0) is 29.4. The maximum absolute atomic E-state index is 14.1. The van der Waals surface area contributed by atoms with E-state index in [1.54, 1.807) is 54.9 Å². The van der Waals surface area contributed by atoms with Gasteiger partial charge in [0.2, 0.25) is 10.0 Å². The van der Waals surface area contributed by atoms with Gasteiger partial charge in [-0.2, -0.15) is 4.31 Å². The number of non-ortho nitro benzene ring substituents is 1. The first-order chi connectivity index (χ1) is 19.6. The normalized spacial score (nSPS) is 11.8. The Bertz CT molecular complexity index is 1600. The van der Waals surface area contributed by atoms with Gasteiger partial charge in [-0.15, -0.1) is 0 Å². The fraction of sp³-hybridized carbons (Fsp3) is 0.276. The van der Waals surface area contributed by atoms with Crippen LogP contribution in [0.25, 0.3) is 21.9 Å². The van der Waals surface area contributed by atoms with E-state index in [0.29, 0.717) is 60.4 Å². The largest absolute Gasteiger partial charge is 0.508 e. The van der Waals surface area contributed by atoms with Crippen LogP contribution in [0.5, 0.6) is 11.5 Å². The summed E-state index contributed by atoms with van der Waals surface area (Å²) in [6, 6.07) is 17.8. The first-order valence-electron chi connectivity index (χ1n) is 13.0. The lowest BCUT2D eigenvalue weighted by Gasteiger charge is -2.25. The standard InChI is InChI=1S/C29H33N5O6S/c1-32(2)15-16-33(14-12-30-13-17-40-27-8-6-25(7-9-27)34(36)37)41(38,39)29-20-23(22-4-3-5-26(35)19-22)18-24-21-31-11-10-28(24)29/h3-11,18-21,30,35H,12-17H2,1-2H3. The monoisotopic (exact) mass is 579 g/mol. The van der Waals surface area contributed by atoms with Crippen molar-refractivity contribution < 1.29 is 23.2 Å². The molecule has 12 heteroatoms. The van der Waals surface area contributed by atoms with Crippen molar-refractivity contribution in [3.8, 4) is 22.6 Å². The van der Waals surface area contributed by atoms with Crippen molar-refractivity contribution in [1.29, 1.82) is 0 Å². The fourth-order valence-corrected chi connectivity index (χ4v) is 5.95. The first kappa shape index (κ1) is 29.9. The minimum Gasteiger partial charge on any atom is -0.508 e. The number of phenols is 1. The number of likely N-dealkylation sites (N-methyl/N-ethyl adjacent to an activating group) is 1. The number of rotatable bonds is 14. The molecule has 0 saturated carbocycles. The Morgan fingerprint density at radius 3 is 2.46 bits per heavy atom. The molecule has 216 valence electrons. The van der Waals surface area contributed by atoms with E-state index in [2.05, 4.69) is 10.3 Å². The van der Waals surface area contributed by atoms with E-state index in [0.717, 1.165) is 0 Å². The summed E-state index contributed by atoms with van der Waals surface area (Å²) < 4.78 is 35.4. The summed E-state index contributed by atoms with van der Waals surface area (Å²) in [6.45, 7) is 2.22. The molecule has 2 N–H and O–H groups in total. The molecular weight excluding hydrogens is 546 g/mol. The van der Waals surface area contributed by atoms with Crippen LogP contribution >= 0.6 is 0 Å². The number of aromatic nitrogens is 1. The molecule has 0 aliphatic rings. The molecule has 0 fully saturated rings. The van der Waals surface area contributed by atoms with E-state index in [9.17, 15) is 23.6 Å². The number of sulfonamides is 1. The molecule has 0 aliphatic heterocycles. The van der Waals surface area contributed by atoms with Crippen LogP contribution in [0.15, 0.2) is 84.0 Å². The Labute approximate surface area is 239 Å². The summed E-state index contributed by atoms with van der Waals surface area (Å²) in [5.41, 5.74) is 1.35.